The minimum absolute atomic E-state index is 0. The first kappa shape index (κ1) is 38.2. The zero-order valence-corrected chi connectivity index (χ0v) is 13.8. The van der Waals surface area contributed by atoms with Gasteiger partial charge in [0.15, 0.2) is 0 Å². The molecule has 0 bridgehead atoms. The maximum atomic E-state index is 10.5. The van der Waals surface area contributed by atoms with Gasteiger partial charge < -0.3 is 52.7 Å². The summed E-state index contributed by atoms with van der Waals surface area (Å²) in [6.07, 6.45) is 2.30. The molecule has 0 saturated carbocycles. The number of hydrogen-bond acceptors (Lipinski definition) is 6. The van der Waals surface area contributed by atoms with Gasteiger partial charge in [-0.3, -0.25) is 9.97 Å². The molecule has 2 aromatic heterocycles. The summed E-state index contributed by atoms with van der Waals surface area (Å²) in [6.45, 7) is 0. The molecule has 2 aromatic rings. The Kier molecular flexibility index (Phi) is 25.0. The Morgan fingerprint density at radius 1 is 0.680 bits per heavy atom. The second kappa shape index (κ2) is 16.4. The van der Waals surface area contributed by atoms with Crippen LogP contribution in [0.15, 0.2) is 36.7 Å². The van der Waals surface area contributed by atoms with Crippen LogP contribution < -0.4 is 10.2 Å². The summed E-state index contributed by atoms with van der Waals surface area (Å²) in [5.74, 6) is -2.62. The molecular formula is C12H22FeN2O10+4. The van der Waals surface area contributed by atoms with E-state index in [0.717, 1.165) is 12.4 Å². The van der Waals surface area contributed by atoms with Gasteiger partial charge >= 0.3 is 17.1 Å². The molecule has 13 heteroatoms. The zero-order valence-electron chi connectivity index (χ0n) is 12.7. The number of carboxylic acid groups (broad SMARTS) is 2. The van der Waals surface area contributed by atoms with Crippen molar-refractivity contribution in [1.29, 1.82) is 0 Å². The van der Waals surface area contributed by atoms with Crippen LogP contribution in [-0.4, -0.2) is 32.9 Å². The smallest absolute Gasteiger partial charge is 0.545 e. The van der Waals surface area contributed by atoms with Crippen LogP contribution in [0.2, 0.25) is 0 Å². The number of aromatic nitrogens is 2. The average Bonchev–Trinajstić information content (AvgIpc) is 2.39. The SMILES string of the molecule is O.O.O=C([O-])c1ccc(-c2ccc(C(=O)[O-])cn2)nc1.[Fe+2].[OH3+].[OH3+].[OH3+].[OH3+]. The predicted molar refractivity (Wildman–Crippen MR) is 82.8 cm³/mol. The van der Waals surface area contributed by atoms with Crippen LogP contribution in [-0.2, 0) is 39.0 Å². The third-order valence-corrected chi connectivity index (χ3v) is 2.26. The fourth-order valence-corrected chi connectivity index (χ4v) is 1.33. The third kappa shape index (κ3) is 9.41. The van der Waals surface area contributed by atoms with Crippen molar-refractivity contribution in [2.24, 2.45) is 0 Å². The van der Waals surface area contributed by atoms with Crippen molar-refractivity contribution in [3.8, 4) is 11.4 Å². The summed E-state index contributed by atoms with van der Waals surface area (Å²) in [7, 11) is 0. The molecule has 25 heavy (non-hydrogen) atoms. The molecule has 0 unspecified atom stereocenters. The van der Waals surface area contributed by atoms with Crippen LogP contribution in [0.1, 0.15) is 20.7 Å². The van der Waals surface area contributed by atoms with E-state index < -0.39 is 11.9 Å². The van der Waals surface area contributed by atoms with E-state index in [0.29, 0.717) is 11.4 Å². The summed E-state index contributed by atoms with van der Waals surface area (Å²) >= 11 is 0. The third-order valence-electron chi connectivity index (χ3n) is 2.26. The van der Waals surface area contributed by atoms with Gasteiger partial charge in [-0.1, -0.05) is 0 Å². The molecule has 12 nitrogen and oxygen atoms in total. The summed E-state index contributed by atoms with van der Waals surface area (Å²) in [6, 6.07) is 5.61. The number of carbonyl (C=O) groups is 2. The molecule has 144 valence electrons. The fourth-order valence-electron chi connectivity index (χ4n) is 1.33. The van der Waals surface area contributed by atoms with Crippen molar-refractivity contribution >= 4 is 11.9 Å². The summed E-state index contributed by atoms with van der Waals surface area (Å²) in [5, 5.41) is 21.1. The zero-order chi connectivity index (χ0) is 13.1. The molecule has 0 saturated heterocycles. The van der Waals surface area contributed by atoms with E-state index in [1.807, 2.05) is 0 Å². The first-order valence-electron chi connectivity index (χ1n) is 4.93. The van der Waals surface area contributed by atoms with Gasteiger partial charge in [0, 0.05) is 23.5 Å². The molecule has 0 atom stereocenters. The van der Waals surface area contributed by atoms with Crippen molar-refractivity contribution in [3.63, 3.8) is 0 Å². The van der Waals surface area contributed by atoms with Crippen molar-refractivity contribution < 1.29 is 69.7 Å². The Labute approximate surface area is 151 Å². The predicted octanol–water partition coefficient (Wildman–Crippen LogP) is -6.47. The number of rotatable bonds is 3. The van der Waals surface area contributed by atoms with Gasteiger partial charge in [-0.2, -0.15) is 0 Å². The van der Waals surface area contributed by atoms with E-state index in [1.54, 1.807) is 0 Å². The summed E-state index contributed by atoms with van der Waals surface area (Å²) in [4.78, 5) is 28.9. The first-order chi connectivity index (χ1) is 8.58. The maximum absolute atomic E-state index is 10.5. The minimum atomic E-state index is -1.31. The average molecular weight is 410 g/mol. The Balaban J connectivity index is -0.000000129. The molecule has 0 aliphatic heterocycles. The van der Waals surface area contributed by atoms with Crippen LogP contribution in [0.25, 0.3) is 11.4 Å². The molecule has 0 fully saturated rings. The maximum Gasteiger partial charge on any atom is 2.00 e. The van der Waals surface area contributed by atoms with Crippen molar-refractivity contribution in [1.82, 2.24) is 9.97 Å². The Bertz CT molecular complexity index is 551. The summed E-state index contributed by atoms with van der Waals surface area (Å²) < 4.78 is 0. The number of hydrogen-bond donors (Lipinski definition) is 0. The molecular weight excluding hydrogens is 388 g/mol. The quantitative estimate of drug-likeness (QED) is 0.349. The second-order valence-electron chi connectivity index (χ2n) is 3.44. The van der Waals surface area contributed by atoms with Crippen molar-refractivity contribution in [2.45, 2.75) is 0 Å². The van der Waals surface area contributed by atoms with Crippen LogP contribution in [0, 0.1) is 0 Å². The van der Waals surface area contributed by atoms with Gasteiger partial charge in [-0.05, 0) is 24.3 Å². The molecule has 2 heterocycles. The van der Waals surface area contributed by atoms with Crippen molar-refractivity contribution in [3.05, 3.63) is 47.8 Å². The van der Waals surface area contributed by atoms with E-state index in [1.165, 1.54) is 24.3 Å². The van der Waals surface area contributed by atoms with Crippen LogP contribution in [0.4, 0.5) is 0 Å². The van der Waals surface area contributed by atoms with Gasteiger partial charge in [0.05, 0.1) is 23.3 Å². The van der Waals surface area contributed by atoms with Crippen LogP contribution in [0.3, 0.4) is 0 Å². The largest absolute Gasteiger partial charge is 2.00 e. The van der Waals surface area contributed by atoms with Gasteiger partial charge in [0.2, 0.25) is 0 Å². The molecule has 2 rings (SSSR count). The van der Waals surface area contributed by atoms with Gasteiger partial charge in [-0.15, -0.1) is 0 Å². The number of aromatic carboxylic acids is 2. The summed E-state index contributed by atoms with van der Waals surface area (Å²) in [5.41, 5.74) is 0.796. The molecule has 0 aliphatic carbocycles. The van der Waals surface area contributed by atoms with Gasteiger partial charge in [-0.25, -0.2) is 0 Å². The second-order valence-corrected chi connectivity index (χ2v) is 3.44. The number of pyridine rings is 2. The Morgan fingerprint density at radius 2 is 0.960 bits per heavy atom. The Morgan fingerprint density at radius 3 is 1.12 bits per heavy atom. The van der Waals surface area contributed by atoms with E-state index in [2.05, 4.69) is 9.97 Å². The number of nitrogens with zero attached hydrogens (tertiary/aromatic N) is 2. The van der Waals surface area contributed by atoms with E-state index in [9.17, 15) is 19.8 Å². The fraction of sp³-hybridized carbons (Fsp3) is 0. The number of carbonyl (C=O) groups excluding carboxylic acids is 2. The van der Waals surface area contributed by atoms with E-state index >= 15 is 0 Å². The van der Waals surface area contributed by atoms with E-state index in [-0.39, 0.29) is 61.1 Å². The van der Waals surface area contributed by atoms with E-state index in [4.69, 9.17) is 0 Å². The molecule has 0 aliphatic rings. The number of carboxylic acids is 2. The standard InChI is InChI=1S/C12H8N2O4.Fe.6H2O/c15-11(16)7-1-3-9(13-5-7)10-4-2-8(6-14-10)12(17)18;;;;;;;/h1-6H,(H,15,16)(H,17,18);;6*1H2/q;+2;;;;;;/p+2. The van der Waals surface area contributed by atoms with Gasteiger partial charge in [0.25, 0.3) is 0 Å². The molecule has 0 amide bonds. The first-order valence-corrected chi connectivity index (χ1v) is 4.93. The topological polar surface area (TPSA) is 301 Å². The minimum Gasteiger partial charge on any atom is -0.545 e. The van der Waals surface area contributed by atoms with Gasteiger partial charge in [0.1, 0.15) is 0 Å². The monoisotopic (exact) mass is 410 g/mol. The normalized spacial score (nSPS) is 7.20. The molecule has 0 spiro atoms. The van der Waals surface area contributed by atoms with Crippen molar-refractivity contribution in [2.75, 3.05) is 0 Å². The molecule has 16 N–H and O–H groups in total. The molecule has 0 aromatic carbocycles. The van der Waals surface area contributed by atoms with Crippen LogP contribution >= 0.6 is 0 Å². The molecule has 0 radical (unpaired) electrons. The Hall–Kier alpha value is -2.48. The van der Waals surface area contributed by atoms with Crippen LogP contribution in [0.5, 0.6) is 0 Å².